The lowest BCUT2D eigenvalue weighted by Crippen LogP contribution is -2.14. The van der Waals surface area contributed by atoms with E-state index in [1.54, 1.807) is 12.1 Å². The molecule has 1 aromatic carbocycles. The van der Waals surface area contributed by atoms with E-state index in [0.717, 1.165) is 12.1 Å². The molecule has 1 aromatic heterocycles. The van der Waals surface area contributed by atoms with Crippen LogP contribution < -0.4 is 5.32 Å². The fourth-order valence-electron chi connectivity index (χ4n) is 1.62. The molecule has 0 amide bonds. The molecule has 0 unspecified atom stereocenters. The first-order valence-corrected chi connectivity index (χ1v) is 5.93. The molecule has 102 valence electrons. The number of benzene rings is 1. The molecule has 0 aliphatic heterocycles. The fraction of sp³-hybridized carbons (Fsp3) is 0.231. The van der Waals surface area contributed by atoms with Crippen LogP contribution in [-0.2, 0) is 19.3 Å². The number of hydrogen-bond donors (Lipinski definition) is 1. The van der Waals surface area contributed by atoms with Gasteiger partial charge in [0.15, 0.2) is 0 Å². The van der Waals surface area contributed by atoms with E-state index in [1.165, 1.54) is 12.3 Å². The van der Waals surface area contributed by atoms with Gasteiger partial charge >= 0.3 is 6.18 Å². The van der Waals surface area contributed by atoms with Crippen molar-refractivity contribution in [1.82, 2.24) is 5.32 Å². The Hall–Kier alpha value is -1.46. The molecule has 0 spiro atoms. The molecule has 0 atom stereocenters. The number of nitrogens with one attached hydrogen (secondary N) is 1. The molecular weight excluding hydrogens is 279 g/mol. The lowest BCUT2D eigenvalue weighted by molar-refractivity contribution is -0.137. The summed E-state index contributed by atoms with van der Waals surface area (Å²) in [6.45, 7) is 0.670. The van der Waals surface area contributed by atoms with E-state index in [-0.39, 0.29) is 6.54 Å². The van der Waals surface area contributed by atoms with Crippen LogP contribution in [0.15, 0.2) is 41.0 Å². The van der Waals surface area contributed by atoms with Crippen LogP contribution in [0.5, 0.6) is 0 Å². The maximum atomic E-state index is 12.6. The fourth-order valence-corrected chi connectivity index (χ4v) is 1.80. The molecule has 0 aliphatic rings. The predicted octanol–water partition coefficient (Wildman–Crippen LogP) is 4.24. The van der Waals surface area contributed by atoms with Gasteiger partial charge in [0, 0.05) is 11.6 Å². The highest BCUT2D eigenvalue weighted by molar-refractivity contribution is 6.31. The average molecular weight is 290 g/mol. The Bertz CT molecular complexity index is 537. The molecule has 2 aromatic rings. The number of hydrogen-bond acceptors (Lipinski definition) is 2. The smallest absolute Gasteiger partial charge is 0.416 e. The molecular formula is C13H11ClF3NO. The second-order valence-electron chi connectivity index (χ2n) is 3.99. The largest absolute Gasteiger partial charge is 0.468 e. The summed E-state index contributed by atoms with van der Waals surface area (Å²) >= 11 is 5.88. The minimum atomic E-state index is -4.36. The number of furan rings is 1. The van der Waals surface area contributed by atoms with Crippen LogP contribution in [0.1, 0.15) is 16.9 Å². The molecule has 1 N–H and O–H groups in total. The quantitative estimate of drug-likeness (QED) is 0.910. The predicted molar refractivity (Wildman–Crippen MR) is 65.7 cm³/mol. The van der Waals surface area contributed by atoms with Crippen molar-refractivity contribution < 1.29 is 17.6 Å². The Morgan fingerprint density at radius 1 is 1.16 bits per heavy atom. The summed E-state index contributed by atoms with van der Waals surface area (Å²) < 4.78 is 42.8. The summed E-state index contributed by atoms with van der Waals surface area (Å²) in [6.07, 6.45) is -2.82. The topological polar surface area (TPSA) is 25.2 Å². The Kier molecular flexibility index (Phi) is 4.17. The Morgan fingerprint density at radius 2 is 1.95 bits per heavy atom. The molecule has 1 heterocycles. The highest BCUT2D eigenvalue weighted by Crippen LogP contribution is 2.31. The monoisotopic (exact) mass is 289 g/mol. The molecule has 0 saturated carbocycles. The third-order valence-electron chi connectivity index (χ3n) is 2.57. The van der Waals surface area contributed by atoms with E-state index in [0.29, 0.717) is 22.9 Å². The molecule has 0 aliphatic carbocycles. The standard InChI is InChI=1S/C13H11ClF3NO/c14-12-4-3-10(13(15,16)17)6-9(12)7-18-8-11-2-1-5-19-11/h1-6,18H,7-8H2. The molecule has 0 fully saturated rings. The minimum absolute atomic E-state index is 0.240. The SMILES string of the molecule is FC(F)(F)c1ccc(Cl)c(CNCc2ccco2)c1. The molecule has 6 heteroatoms. The summed E-state index contributed by atoms with van der Waals surface area (Å²) in [7, 11) is 0. The van der Waals surface area contributed by atoms with Gasteiger partial charge in [-0.1, -0.05) is 11.6 Å². The van der Waals surface area contributed by atoms with Gasteiger partial charge in [0.1, 0.15) is 5.76 Å². The van der Waals surface area contributed by atoms with Crippen molar-refractivity contribution in [3.63, 3.8) is 0 Å². The van der Waals surface area contributed by atoms with Crippen molar-refractivity contribution in [1.29, 1.82) is 0 Å². The number of rotatable bonds is 4. The van der Waals surface area contributed by atoms with Crippen LogP contribution >= 0.6 is 11.6 Å². The van der Waals surface area contributed by atoms with Crippen molar-refractivity contribution in [3.05, 3.63) is 58.5 Å². The summed E-state index contributed by atoms with van der Waals surface area (Å²) in [5, 5.41) is 3.28. The Balaban J connectivity index is 2.03. The molecule has 2 rings (SSSR count). The molecule has 0 bridgehead atoms. The second kappa shape index (κ2) is 5.67. The summed E-state index contributed by atoms with van der Waals surface area (Å²) in [6, 6.07) is 6.80. The van der Waals surface area contributed by atoms with E-state index in [2.05, 4.69) is 5.32 Å². The van der Waals surface area contributed by atoms with Crippen LogP contribution in [0.4, 0.5) is 13.2 Å². The van der Waals surface area contributed by atoms with E-state index >= 15 is 0 Å². The van der Waals surface area contributed by atoms with Crippen LogP contribution in [0.3, 0.4) is 0 Å². The highest BCUT2D eigenvalue weighted by atomic mass is 35.5. The van der Waals surface area contributed by atoms with Gasteiger partial charge < -0.3 is 9.73 Å². The minimum Gasteiger partial charge on any atom is -0.468 e. The summed E-state index contributed by atoms with van der Waals surface area (Å²) in [5.74, 6) is 0.711. The average Bonchev–Trinajstić information content (AvgIpc) is 2.83. The zero-order chi connectivity index (χ0) is 13.9. The van der Waals surface area contributed by atoms with Gasteiger partial charge in [-0.3, -0.25) is 0 Å². The number of alkyl halides is 3. The van der Waals surface area contributed by atoms with E-state index in [1.807, 2.05) is 0 Å². The van der Waals surface area contributed by atoms with Gasteiger partial charge in [0.05, 0.1) is 18.4 Å². The third kappa shape index (κ3) is 3.75. The summed E-state index contributed by atoms with van der Waals surface area (Å²) in [4.78, 5) is 0. The van der Waals surface area contributed by atoms with Crippen molar-refractivity contribution in [3.8, 4) is 0 Å². The number of halogens is 4. The first-order valence-electron chi connectivity index (χ1n) is 5.55. The van der Waals surface area contributed by atoms with Gasteiger partial charge in [-0.05, 0) is 35.9 Å². The first kappa shape index (κ1) is 14.0. The molecule has 19 heavy (non-hydrogen) atoms. The Labute approximate surface area is 113 Å². The van der Waals surface area contributed by atoms with Crippen LogP contribution in [-0.4, -0.2) is 0 Å². The van der Waals surface area contributed by atoms with Crippen LogP contribution in [0, 0.1) is 0 Å². The van der Waals surface area contributed by atoms with E-state index in [4.69, 9.17) is 16.0 Å². The maximum Gasteiger partial charge on any atom is 0.416 e. The van der Waals surface area contributed by atoms with Crippen LogP contribution in [0.2, 0.25) is 5.02 Å². The zero-order valence-corrected chi connectivity index (χ0v) is 10.6. The first-order chi connectivity index (χ1) is 8.97. The molecule has 0 saturated heterocycles. The second-order valence-corrected chi connectivity index (χ2v) is 4.39. The third-order valence-corrected chi connectivity index (χ3v) is 2.94. The van der Waals surface area contributed by atoms with E-state index < -0.39 is 11.7 Å². The lowest BCUT2D eigenvalue weighted by atomic mass is 10.1. The van der Waals surface area contributed by atoms with Crippen molar-refractivity contribution in [2.24, 2.45) is 0 Å². The summed E-state index contributed by atoms with van der Waals surface area (Å²) in [5.41, 5.74) is -0.297. The van der Waals surface area contributed by atoms with Gasteiger partial charge in [-0.15, -0.1) is 0 Å². The van der Waals surface area contributed by atoms with Crippen molar-refractivity contribution in [2.45, 2.75) is 19.3 Å². The van der Waals surface area contributed by atoms with Crippen LogP contribution in [0.25, 0.3) is 0 Å². The molecule has 0 radical (unpaired) electrons. The lowest BCUT2D eigenvalue weighted by Gasteiger charge is -2.11. The van der Waals surface area contributed by atoms with Gasteiger partial charge in [-0.25, -0.2) is 0 Å². The van der Waals surface area contributed by atoms with Crippen molar-refractivity contribution >= 4 is 11.6 Å². The van der Waals surface area contributed by atoms with Crippen molar-refractivity contribution in [2.75, 3.05) is 0 Å². The highest BCUT2D eigenvalue weighted by Gasteiger charge is 2.30. The molecule has 2 nitrogen and oxygen atoms in total. The zero-order valence-electron chi connectivity index (χ0n) is 9.80. The maximum absolute atomic E-state index is 12.6. The Morgan fingerprint density at radius 3 is 2.58 bits per heavy atom. The normalized spacial score (nSPS) is 11.8. The van der Waals surface area contributed by atoms with Gasteiger partial charge in [-0.2, -0.15) is 13.2 Å². The van der Waals surface area contributed by atoms with Gasteiger partial charge in [0.2, 0.25) is 0 Å². The van der Waals surface area contributed by atoms with E-state index in [9.17, 15) is 13.2 Å². The van der Waals surface area contributed by atoms with Gasteiger partial charge in [0.25, 0.3) is 0 Å².